The summed E-state index contributed by atoms with van der Waals surface area (Å²) in [4.78, 5) is 4.55. The Morgan fingerprint density at radius 2 is 1.71 bits per heavy atom. The molecule has 1 heterocycles. The van der Waals surface area contributed by atoms with E-state index in [9.17, 15) is 8.42 Å². The number of hydrogen-bond acceptors (Lipinski definition) is 3. The van der Waals surface area contributed by atoms with E-state index < -0.39 is 10.0 Å². The molecular formula is C16H20N2O2S. The van der Waals surface area contributed by atoms with Crippen LogP contribution in [0.25, 0.3) is 0 Å². The lowest BCUT2D eigenvalue weighted by Gasteiger charge is -2.17. The highest BCUT2D eigenvalue weighted by molar-refractivity contribution is 7.89. The molecule has 0 fully saturated rings. The quantitative estimate of drug-likeness (QED) is 0.944. The average molecular weight is 304 g/mol. The number of aryl methyl sites for hydroxylation is 3. The van der Waals surface area contributed by atoms with Crippen molar-refractivity contribution in [3.63, 3.8) is 0 Å². The molecule has 0 aliphatic rings. The van der Waals surface area contributed by atoms with E-state index in [0.29, 0.717) is 10.6 Å². The van der Waals surface area contributed by atoms with Crippen LogP contribution in [0.2, 0.25) is 0 Å². The standard InChI is InChI=1S/C16H20N2O2S/c1-11-9-12(2)16(13(3)10-11)21(19,20)18-14(4)15-7-5-6-8-17-15/h5-10,14,18H,1-4H3. The number of hydrogen-bond donors (Lipinski definition) is 1. The van der Waals surface area contributed by atoms with Crippen molar-refractivity contribution in [2.45, 2.75) is 38.6 Å². The van der Waals surface area contributed by atoms with Crippen LogP contribution < -0.4 is 4.72 Å². The molecule has 0 aliphatic carbocycles. The highest BCUT2D eigenvalue weighted by Gasteiger charge is 2.23. The van der Waals surface area contributed by atoms with Crippen LogP contribution in [0, 0.1) is 20.8 Å². The predicted molar refractivity (Wildman–Crippen MR) is 83.6 cm³/mol. The van der Waals surface area contributed by atoms with E-state index in [0.717, 1.165) is 16.7 Å². The SMILES string of the molecule is Cc1cc(C)c(S(=O)(=O)NC(C)c2ccccn2)c(C)c1. The zero-order valence-electron chi connectivity index (χ0n) is 12.7. The number of rotatable bonds is 4. The van der Waals surface area contributed by atoms with Crippen molar-refractivity contribution in [1.29, 1.82) is 0 Å². The molecule has 112 valence electrons. The highest BCUT2D eigenvalue weighted by Crippen LogP contribution is 2.23. The lowest BCUT2D eigenvalue weighted by atomic mass is 10.1. The zero-order valence-corrected chi connectivity index (χ0v) is 13.5. The van der Waals surface area contributed by atoms with Gasteiger partial charge in [-0.1, -0.05) is 23.8 Å². The molecule has 0 saturated carbocycles. The summed E-state index contributed by atoms with van der Waals surface area (Å²) in [6, 6.07) is 8.84. The van der Waals surface area contributed by atoms with Gasteiger partial charge in [-0.3, -0.25) is 4.98 Å². The number of nitrogens with one attached hydrogen (secondary N) is 1. The van der Waals surface area contributed by atoms with Gasteiger partial charge in [0.05, 0.1) is 16.6 Å². The van der Waals surface area contributed by atoms with E-state index >= 15 is 0 Å². The van der Waals surface area contributed by atoms with Crippen LogP contribution in [0.15, 0.2) is 41.4 Å². The second kappa shape index (κ2) is 5.95. The summed E-state index contributed by atoms with van der Waals surface area (Å²) in [6.07, 6.45) is 1.66. The van der Waals surface area contributed by atoms with Gasteiger partial charge in [-0.05, 0) is 51.0 Å². The first-order chi connectivity index (χ1) is 9.81. The fourth-order valence-electron chi connectivity index (χ4n) is 2.57. The third-order valence-corrected chi connectivity index (χ3v) is 5.18. The van der Waals surface area contributed by atoms with Gasteiger partial charge >= 0.3 is 0 Å². The van der Waals surface area contributed by atoms with Gasteiger partial charge in [-0.2, -0.15) is 0 Å². The topological polar surface area (TPSA) is 59.1 Å². The maximum Gasteiger partial charge on any atom is 0.241 e. The van der Waals surface area contributed by atoms with Crippen molar-refractivity contribution in [3.8, 4) is 0 Å². The van der Waals surface area contributed by atoms with Crippen LogP contribution in [-0.2, 0) is 10.0 Å². The molecule has 2 aromatic rings. The van der Waals surface area contributed by atoms with E-state index in [4.69, 9.17) is 0 Å². The lowest BCUT2D eigenvalue weighted by Crippen LogP contribution is -2.28. The van der Waals surface area contributed by atoms with E-state index in [1.807, 2.05) is 45.0 Å². The molecule has 5 heteroatoms. The minimum Gasteiger partial charge on any atom is -0.260 e. The summed E-state index contributed by atoms with van der Waals surface area (Å²) in [5.41, 5.74) is 3.27. The van der Waals surface area contributed by atoms with Gasteiger partial charge in [0.1, 0.15) is 0 Å². The van der Waals surface area contributed by atoms with E-state index in [2.05, 4.69) is 9.71 Å². The molecule has 2 rings (SSSR count). The Balaban J connectivity index is 2.36. The van der Waals surface area contributed by atoms with Crippen LogP contribution in [0.1, 0.15) is 35.3 Å². The molecule has 0 radical (unpaired) electrons. The Labute approximate surface area is 126 Å². The zero-order chi connectivity index (χ0) is 15.6. The van der Waals surface area contributed by atoms with Crippen molar-refractivity contribution in [2.24, 2.45) is 0 Å². The fourth-order valence-corrected chi connectivity index (χ4v) is 4.24. The maximum atomic E-state index is 12.6. The largest absolute Gasteiger partial charge is 0.260 e. The minimum atomic E-state index is -3.58. The van der Waals surface area contributed by atoms with Crippen LogP contribution in [0.5, 0.6) is 0 Å². The Morgan fingerprint density at radius 1 is 1.10 bits per heavy atom. The average Bonchev–Trinajstić information content (AvgIpc) is 2.37. The Kier molecular flexibility index (Phi) is 4.44. The Hall–Kier alpha value is -1.72. The number of nitrogens with zero attached hydrogens (tertiary/aromatic N) is 1. The molecular weight excluding hydrogens is 284 g/mol. The molecule has 0 amide bonds. The molecule has 0 spiro atoms. The van der Waals surface area contributed by atoms with Gasteiger partial charge < -0.3 is 0 Å². The van der Waals surface area contributed by atoms with E-state index in [1.165, 1.54) is 0 Å². The maximum absolute atomic E-state index is 12.6. The van der Waals surface area contributed by atoms with Crippen LogP contribution >= 0.6 is 0 Å². The van der Waals surface area contributed by atoms with Gasteiger partial charge in [0, 0.05) is 6.20 Å². The second-order valence-electron chi connectivity index (χ2n) is 5.33. The van der Waals surface area contributed by atoms with Gasteiger partial charge in [-0.15, -0.1) is 0 Å². The van der Waals surface area contributed by atoms with Crippen molar-refractivity contribution in [1.82, 2.24) is 9.71 Å². The lowest BCUT2D eigenvalue weighted by molar-refractivity contribution is 0.562. The Bertz CT molecular complexity index is 717. The number of sulfonamides is 1. The highest BCUT2D eigenvalue weighted by atomic mass is 32.2. The van der Waals surface area contributed by atoms with Crippen molar-refractivity contribution >= 4 is 10.0 Å². The van der Waals surface area contributed by atoms with Gasteiger partial charge in [0.15, 0.2) is 0 Å². The number of pyridine rings is 1. The molecule has 4 nitrogen and oxygen atoms in total. The summed E-state index contributed by atoms with van der Waals surface area (Å²) in [7, 11) is -3.58. The van der Waals surface area contributed by atoms with E-state index in [1.54, 1.807) is 19.2 Å². The normalized spacial score (nSPS) is 13.1. The van der Waals surface area contributed by atoms with Crippen molar-refractivity contribution < 1.29 is 8.42 Å². The second-order valence-corrected chi connectivity index (χ2v) is 6.98. The van der Waals surface area contributed by atoms with Crippen molar-refractivity contribution in [2.75, 3.05) is 0 Å². The van der Waals surface area contributed by atoms with Crippen LogP contribution in [-0.4, -0.2) is 13.4 Å². The molecule has 0 bridgehead atoms. The first-order valence-corrected chi connectivity index (χ1v) is 8.30. The molecule has 1 aromatic heterocycles. The minimum absolute atomic E-state index is 0.357. The van der Waals surface area contributed by atoms with Crippen molar-refractivity contribution in [3.05, 3.63) is 58.9 Å². The third-order valence-electron chi connectivity index (χ3n) is 3.34. The number of aromatic nitrogens is 1. The fraction of sp³-hybridized carbons (Fsp3) is 0.312. The van der Waals surface area contributed by atoms with E-state index in [-0.39, 0.29) is 6.04 Å². The summed E-state index contributed by atoms with van der Waals surface area (Å²) in [6.45, 7) is 7.39. The van der Waals surface area contributed by atoms with Gasteiger partial charge in [-0.25, -0.2) is 13.1 Å². The first kappa shape index (κ1) is 15.7. The summed E-state index contributed by atoms with van der Waals surface area (Å²) < 4.78 is 28.0. The Morgan fingerprint density at radius 3 is 2.24 bits per heavy atom. The smallest absolute Gasteiger partial charge is 0.241 e. The molecule has 21 heavy (non-hydrogen) atoms. The predicted octanol–water partition coefficient (Wildman–Crippen LogP) is 3.05. The molecule has 0 saturated heterocycles. The van der Waals surface area contributed by atoms with Crippen LogP contribution in [0.4, 0.5) is 0 Å². The molecule has 1 aromatic carbocycles. The monoisotopic (exact) mass is 304 g/mol. The first-order valence-electron chi connectivity index (χ1n) is 6.82. The van der Waals surface area contributed by atoms with Crippen LogP contribution in [0.3, 0.4) is 0 Å². The number of benzene rings is 1. The molecule has 1 atom stereocenters. The van der Waals surface area contributed by atoms with Gasteiger partial charge in [0.25, 0.3) is 0 Å². The molecule has 1 unspecified atom stereocenters. The summed E-state index contributed by atoms with van der Waals surface area (Å²) >= 11 is 0. The third kappa shape index (κ3) is 3.49. The summed E-state index contributed by atoms with van der Waals surface area (Å²) in [5, 5.41) is 0. The van der Waals surface area contributed by atoms with Gasteiger partial charge in [0.2, 0.25) is 10.0 Å². The summed E-state index contributed by atoms with van der Waals surface area (Å²) in [5.74, 6) is 0. The molecule has 1 N–H and O–H groups in total. The molecule has 0 aliphatic heterocycles.